The second-order valence-corrected chi connectivity index (χ2v) is 4.25. The van der Waals surface area contributed by atoms with Crippen molar-refractivity contribution in [2.75, 3.05) is 0 Å². The molecule has 0 spiro atoms. The molecule has 0 radical (unpaired) electrons. The summed E-state index contributed by atoms with van der Waals surface area (Å²) in [5, 5.41) is 8.69. The molecule has 94 valence electrons. The first-order valence-corrected chi connectivity index (χ1v) is 5.92. The Hall–Kier alpha value is -2.60. The van der Waals surface area contributed by atoms with Crippen LogP contribution >= 0.6 is 0 Å². The summed E-state index contributed by atoms with van der Waals surface area (Å²) < 4.78 is 5.22. The van der Waals surface area contributed by atoms with Crippen LogP contribution in [0, 0.1) is 18.3 Å². The molecule has 19 heavy (non-hydrogen) atoms. The molecule has 0 saturated carbocycles. The van der Waals surface area contributed by atoms with Crippen molar-refractivity contribution in [1.29, 1.82) is 5.26 Å². The molecule has 0 aliphatic carbocycles. The summed E-state index contributed by atoms with van der Waals surface area (Å²) in [6.07, 6.45) is 0. The van der Waals surface area contributed by atoms with Crippen molar-refractivity contribution in [1.82, 2.24) is 0 Å². The van der Waals surface area contributed by atoms with Gasteiger partial charge in [-0.3, -0.25) is 0 Å². The van der Waals surface area contributed by atoms with Crippen LogP contribution in [0.15, 0.2) is 48.5 Å². The molecule has 0 atom stereocenters. The van der Waals surface area contributed by atoms with Crippen LogP contribution in [0.4, 0.5) is 0 Å². The quantitative estimate of drug-likeness (QED) is 0.787. The molecule has 0 aromatic heterocycles. The summed E-state index contributed by atoms with van der Waals surface area (Å²) in [4.78, 5) is 11.8. The number of nitriles is 1. The van der Waals surface area contributed by atoms with Gasteiger partial charge >= 0.3 is 5.97 Å². The molecule has 0 heterocycles. The Labute approximate surface area is 112 Å². The summed E-state index contributed by atoms with van der Waals surface area (Å²) in [7, 11) is 0. The van der Waals surface area contributed by atoms with Gasteiger partial charge in [0.2, 0.25) is 0 Å². The highest BCUT2D eigenvalue weighted by molar-refractivity contribution is 5.89. The third-order valence-electron chi connectivity index (χ3n) is 2.71. The van der Waals surface area contributed by atoms with Crippen molar-refractivity contribution in [3.05, 3.63) is 70.8 Å². The van der Waals surface area contributed by atoms with Crippen molar-refractivity contribution < 1.29 is 9.53 Å². The van der Waals surface area contributed by atoms with Gasteiger partial charge in [0.05, 0.1) is 17.2 Å². The molecule has 3 heteroatoms. The Balaban J connectivity index is 1.98. The molecule has 2 aromatic carbocycles. The van der Waals surface area contributed by atoms with Crippen molar-refractivity contribution in [2.24, 2.45) is 0 Å². The van der Waals surface area contributed by atoms with Crippen LogP contribution in [0.2, 0.25) is 0 Å². The van der Waals surface area contributed by atoms with E-state index in [9.17, 15) is 4.79 Å². The molecule has 0 bridgehead atoms. The molecule has 0 fully saturated rings. The maximum absolute atomic E-state index is 11.8. The molecule has 0 N–H and O–H groups in total. The number of hydrogen-bond acceptors (Lipinski definition) is 3. The zero-order valence-electron chi connectivity index (χ0n) is 10.6. The number of benzene rings is 2. The van der Waals surface area contributed by atoms with Crippen molar-refractivity contribution >= 4 is 5.97 Å². The third kappa shape index (κ3) is 3.43. The monoisotopic (exact) mass is 251 g/mol. The standard InChI is InChI=1S/C16H13NO2/c1-12-3-2-4-15(9-12)16(18)19-11-14-7-5-13(10-17)6-8-14/h2-9H,11H2,1H3. The first-order valence-electron chi connectivity index (χ1n) is 5.92. The van der Waals surface area contributed by atoms with Gasteiger partial charge < -0.3 is 4.74 Å². The van der Waals surface area contributed by atoms with Gasteiger partial charge in [-0.25, -0.2) is 4.79 Å². The highest BCUT2D eigenvalue weighted by atomic mass is 16.5. The maximum atomic E-state index is 11.8. The fraction of sp³-hybridized carbons (Fsp3) is 0.125. The average Bonchev–Trinajstić information content (AvgIpc) is 2.45. The van der Waals surface area contributed by atoms with Crippen LogP contribution in [-0.4, -0.2) is 5.97 Å². The number of ether oxygens (including phenoxy) is 1. The van der Waals surface area contributed by atoms with Crippen LogP contribution in [0.5, 0.6) is 0 Å². The first kappa shape index (κ1) is 12.8. The molecular weight excluding hydrogens is 238 g/mol. The lowest BCUT2D eigenvalue weighted by Crippen LogP contribution is -2.05. The summed E-state index contributed by atoms with van der Waals surface area (Å²) >= 11 is 0. The van der Waals surface area contributed by atoms with E-state index in [1.54, 1.807) is 36.4 Å². The largest absolute Gasteiger partial charge is 0.457 e. The third-order valence-corrected chi connectivity index (χ3v) is 2.71. The Morgan fingerprint density at radius 1 is 1.21 bits per heavy atom. The lowest BCUT2D eigenvalue weighted by molar-refractivity contribution is 0.0472. The number of aryl methyl sites for hydroxylation is 1. The van der Waals surface area contributed by atoms with E-state index in [1.165, 1.54) is 0 Å². The smallest absolute Gasteiger partial charge is 0.338 e. The van der Waals surface area contributed by atoms with E-state index in [0.29, 0.717) is 11.1 Å². The fourth-order valence-electron chi connectivity index (χ4n) is 1.68. The Bertz CT molecular complexity index is 624. The zero-order valence-corrected chi connectivity index (χ0v) is 10.6. The van der Waals surface area contributed by atoms with Crippen LogP contribution in [0.3, 0.4) is 0 Å². The van der Waals surface area contributed by atoms with E-state index in [1.807, 2.05) is 25.1 Å². The molecule has 2 rings (SSSR count). The lowest BCUT2D eigenvalue weighted by atomic mass is 10.1. The van der Waals surface area contributed by atoms with Crippen molar-refractivity contribution in [3.63, 3.8) is 0 Å². The highest BCUT2D eigenvalue weighted by Gasteiger charge is 2.07. The second-order valence-electron chi connectivity index (χ2n) is 4.25. The molecule has 0 aliphatic rings. The first-order chi connectivity index (χ1) is 9.19. The second kappa shape index (κ2) is 5.83. The number of carbonyl (C=O) groups excluding carboxylic acids is 1. The molecule has 0 amide bonds. The van der Waals surface area contributed by atoms with Crippen LogP contribution < -0.4 is 0 Å². The minimum absolute atomic E-state index is 0.207. The molecule has 3 nitrogen and oxygen atoms in total. The van der Waals surface area contributed by atoms with Gasteiger partial charge in [0.15, 0.2) is 0 Å². The van der Waals surface area contributed by atoms with Gasteiger partial charge in [-0.15, -0.1) is 0 Å². The summed E-state index contributed by atoms with van der Waals surface area (Å²) in [5.41, 5.74) is 3.02. The van der Waals surface area contributed by atoms with E-state index in [4.69, 9.17) is 10.00 Å². The summed E-state index contributed by atoms with van der Waals surface area (Å²) in [6.45, 7) is 2.13. The molecular formula is C16H13NO2. The van der Waals surface area contributed by atoms with E-state index in [-0.39, 0.29) is 12.6 Å². The summed E-state index contributed by atoms with van der Waals surface area (Å²) in [6, 6.07) is 16.3. The normalized spacial score (nSPS) is 9.68. The van der Waals surface area contributed by atoms with Crippen LogP contribution in [0.25, 0.3) is 0 Å². The SMILES string of the molecule is Cc1cccc(C(=O)OCc2ccc(C#N)cc2)c1. The van der Waals surface area contributed by atoms with E-state index >= 15 is 0 Å². The predicted octanol–water partition coefficient (Wildman–Crippen LogP) is 3.22. The number of hydrogen-bond donors (Lipinski definition) is 0. The van der Waals surface area contributed by atoms with Crippen molar-refractivity contribution in [3.8, 4) is 6.07 Å². The zero-order chi connectivity index (χ0) is 13.7. The topological polar surface area (TPSA) is 50.1 Å². The number of esters is 1. The van der Waals surface area contributed by atoms with Crippen LogP contribution in [0.1, 0.15) is 27.0 Å². The highest BCUT2D eigenvalue weighted by Crippen LogP contribution is 2.09. The van der Waals surface area contributed by atoms with Gasteiger partial charge in [0.25, 0.3) is 0 Å². The van der Waals surface area contributed by atoms with Gasteiger partial charge in [0.1, 0.15) is 6.61 Å². The Morgan fingerprint density at radius 2 is 1.95 bits per heavy atom. The average molecular weight is 251 g/mol. The summed E-state index contributed by atoms with van der Waals surface area (Å²) in [5.74, 6) is -0.340. The number of carbonyl (C=O) groups is 1. The van der Waals surface area contributed by atoms with Gasteiger partial charge in [-0.2, -0.15) is 5.26 Å². The van der Waals surface area contributed by atoms with Gasteiger partial charge in [-0.05, 0) is 36.8 Å². The Morgan fingerprint density at radius 3 is 2.58 bits per heavy atom. The molecule has 0 unspecified atom stereocenters. The molecule has 2 aromatic rings. The molecule has 0 aliphatic heterocycles. The van der Waals surface area contributed by atoms with Gasteiger partial charge in [0, 0.05) is 0 Å². The predicted molar refractivity (Wildman–Crippen MR) is 71.5 cm³/mol. The minimum atomic E-state index is -0.340. The maximum Gasteiger partial charge on any atom is 0.338 e. The number of nitrogens with zero attached hydrogens (tertiary/aromatic N) is 1. The number of rotatable bonds is 3. The van der Waals surface area contributed by atoms with E-state index in [0.717, 1.165) is 11.1 Å². The van der Waals surface area contributed by atoms with Crippen LogP contribution in [-0.2, 0) is 11.3 Å². The minimum Gasteiger partial charge on any atom is -0.457 e. The fourth-order valence-corrected chi connectivity index (χ4v) is 1.68. The van der Waals surface area contributed by atoms with Gasteiger partial charge in [-0.1, -0.05) is 29.8 Å². The van der Waals surface area contributed by atoms with E-state index < -0.39 is 0 Å². The van der Waals surface area contributed by atoms with E-state index in [2.05, 4.69) is 0 Å². The molecule has 0 saturated heterocycles. The Kier molecular flexibility index (Phi) is 3.94. The lowest BCUT2D eigenvalue weighted by Gasteiger charge is -2.05. The van der Waals surface area contributed by atoms with Crippen molar-refractivity contribution in [2.45, 2.75) is 13.5 Å².